The summed E-state index contributed by atoms with van der Waals surface area (Å²) in [7, 11) is 0. The monoisotopic (exact) mass is 339 g/mol. The van der Waals surface area contributed by atoms with Crippen LogP contribution >= 0.6 is 12.4 Å². The summed E-state index contributed by atoms with van der Waals surface area (Å²) in [4.78, 5) is 0. The molecule has 1 aliphatic rings. The maximum absolute atomic E-state index is 9.58. The van der Waals surface area contributed by atoms with Crippen molar-refractivity contribution in [2.45, 2.75) is 0 Å². The molecule has 0 aromatic rings. The Balaban J connectivity index is -0.000000144. The molecule has 3 N–H and O–H groups in total. The number of rotatable bonds is 0. The molecule has 0 bridgehead atoms. The van der Waals surface area contributed by atoms with E-state index in [1.807, 2.05) is 0 Å². The van der Waals surface area contributed by atoms with E-state index >= 15 is 0 Å². The minimum Gasteiger partial charge on any atom is -0.660 e. The van der Waals surface area contributed by atoms with Crippen molar-refractivity contribution in [2.75, 3.05) is 52.4 Å². The number of halogens is 4. The molecule has 0 atom stereocenters. The smallest absolute Gasteiger partial charge is 0.660 e. The second kappa shape index (κ2) is 23.7. The number of hydrogen-bond donors (Lipinski definition) is 3. The molecular formula is C10H23ClF3N4Ti. The Morgan fingerprint density at radius 1 is 0.737 bits per heavy atom. The molecule has 19 heavy (non-hydrogen) atoms. The van der Waals surface area contributed by atoms with E-state index in [1.165, 1.54) is 0 Å². The van der Waals surface area contributed by atoms with Crippen LogP contribution in [0.4, 0.5) is 13.2 Å². The third-order valence-electron chi connectivity index (χ3n) is 1.85. The van der Waals surface area contributed by atoms with Gasteiger partial charge in [-0.1, -0.05) is 0 Å². The Hall–Kier alpha value is 0.634. The van der Waals surface area contributed by atoms with Crippen LogP contribution in [0.1, 0.15) is 0 Å². The van der Waals surface area contributed by atoms with Gasteiger partial charge in [0.1, 0.15) is 0 Å². The molecule has 0 aromatic heterocycles. The van der Waals surface area contributed by atoms with E-state index in [9.17, 15) is 13.2 Å². The van der Waals surface area contributed by atoms with Gasteiger partial charge in [-0.05, 0) is 13.1 Å². The topological polar surface area (TPSA) is 50.2 Å². The van der Waals surface area contributed by atoms with Gasteiger partial charge >= 0.3 is 21.7 Å². The van der Waals surface area contributed by atoms with Gasteiger partial charge < -0.3 is 41.9 Å². The van der Waals surface area contributed by atoms with Crippen LogP contribution in [0.5, 0.6) is 0 Å². The SMILES string of the molecule is C1CNCCNCCNCC[N-]1.Cl.F[C-](F)F.[CH3-].[Ti+3]. The van der Waals surface area contributed by atoms with Crippen molar-refractivity contribution in [1.82, 2.24) is 16.0 Å². The van der Waals surface area contributed by atoms with E-state index in [0.717, 1.165) is 52.4 Å². The van der Waals surface area contributed by atoms with Crippen LogP contribution in [0.25, 0.3) is 5.32 Å². The van der Waals surface area contributed by atoms with Crippen LogP contribution in [0.3, 0.4) is 0 Å². The molecule has 1 aliphatic heterocycles. The van der Waals surface area contributed by atoms with E-state index in [2.05, 4.69) is 21.3 Å². The second-order valence-electron chi connectivity index (χ2n) is 3.14. The maximum Gasteiger partial charge on any atom is 3.00 e. The fourth-order valence-electron chi connectivity index (χ4n) is 1.16. The summed E-state index contributed by atoms with van der Waals surface area (Å²) >= 11 is 0. The zero-order valence-corrected chi connectivity index (χ0v) is 13.5. The van der Waals surface area contributed by atoms with E-state index in [1.54, 1.807) is 0 Å². The maximum atomic E-state index is 9.58. The Labute approximate surface area is 135 Å². The first-order chi connectivity index (χ1) is 7.73. The molecule has 115 valence electrons. The van der Waals surface area contributed by atoms with Crippen LogP contribution in [0.15, 0.2) is 0 Å². The third-order valence-corrected chi connectivity index (χ3v) is 1.85. The molecule has 0 unspecified atom stereocenters. The first kappa shape index (κ1) is 27.9. The fraction of sp³-hybridized carbons (Fsp3) is 0.800. The van der Waals surface area contributed by atoms with Gasteiger partial charge in [-0.15, -0.1) is 25.5 Å². The molecule has 9 heteroatoms. The zero-order valence-electron chi connectivity index (χ0n) is 11.1. The summed E-state index contributed by atoms with van der Waals surface area (Å²) in [6.45, 7) is 5.06. The van der Waals surface area contributed by atoms with E-state index < -0.39 is 6.68 Å². The molecule has 1 fully saturated rings. The largest absolute Gasteiger partial charge is 3.00 e. The summed E-state index contributed by atoms with van der Waals surface area (Å²) in [6, 6.07) is 0. The Bertz CT molecular complexity index is 104. The average molecular weight is 340 g/mol. The fourth-order valence-corrected chi connectivity index (χ4v) is 1.16. The van der Waals surface area contributed by atoms with Crippen molar-refractivity contribution in [1.29, 1.82) is 0 Å². The molecule has 1 rings (SSSR count). The van der Waals surface area contributed by atoms with Crippen LogP contribution in [-0.2, 0) is 21.7 Å². The van der Waals surface area contributed by atoms with Crippen molar-refractivity contribution in [2.24, 2.45) is 0 Å². The summed E-state index contributed by atoms with van der Waals surface area (Å²) < 4.78 is 28.8. The molecule has 4 nitrogen and oxygen atoms in total. The van der Waals surface area contributed by atoms with Crippen LogP contribution < -0.4 is 16.0 Å². The van der Waals surface area contributed by atoms with Crippen LogP contribution in [0, 0.1) is 14.1 Å². The molecular weight excluding hydrogens is 316 g/mol. The zero-order chi connectivity index (χ0) is 12.1. The predicted octanol–water partition coefficient (Wildman–Crippen LogP) is 1.35. The van der Waals surface area contributed by atoms with Crippen molar-refractivity contribution >= 4 is 12.4 Å². The predicted molar refractivity (Wildman–Crippen MR) is 71.9 cm³/mol. The van der Waals surface area contributed by atoms with Gasteiger partial charge in [-0.2, -0.15) is 0 Å². The van der Waals surface area contributed by atoms with Gasteiger partial charge in [-0.3, -0.25) is 0 Å². The molecule has 1 radical (unpaired) electrons. The molecule has 1 heterocycles. The van der Waals surface area contributed by atoms with Crippen molar-refractivity contribution in [3.05, 3.63) is 19.4 Å². The Morgan fingerprint density at radius 2 is 1.00 bits per heavy atom. The van der Waals surface area contributed by atoms with E-state index in [0.29, 0.717) is 0 Å². The van der Waals surface area contributed by atoms with Crippen molar-refractivity contribution in [3.63, 3.8) is 0 Å². The minimum absolute atomic E-state index is 0. The Kier molecular flexibility index (Phi) is 34.8. The molecule has 0 aliphatic carbocycles. The van der Waals surface area contributed by atoms with Crippen molar-refractivity contribution in [3.8, 4) is 0 Å². The van der Waals surface area contributed by atoms with Gasteiger partial charge in [0, 0.05) is 26.2 Å². The first-order valence-corrected chi connectivity index (χ1v) is 5.32. The molecule has 0 aromatic carbocycles. The van der Waals surface area contributed by atoms with Crippen molar-refractivity contribution < 1.29 is 34.9 Å². The van der Waals surface area contributed by atoms with Crippen LogP contribution in [0.2, 0.25) is 0 Å². The third kappa shape index (κ3) is 32.3. The molecule has 0 amide bonds. The second-order valence-corrected chi connectivity index (χ2v) is 3.14. The molecule has 1 saturated heterocycles. The van der Waals surface area contributed by atoms with Gasteiger partial charge in [-0.25, -0.2) is 0 Å². The quantitative estimate of drug-likeness (QED) is 0.461. The van der Waals surface area contributed by atoms with Crippen LogP contribution in [-0.4, -0.2) is 52.4 Å². The Morgan fingerprint density at radius 3 is 1.32 bits per heavy atom. The van der Waals surface area contributed by atoms with Gasteiger partial charge in [0.25, 0.3) is 0 Å². The molecule has 0 spiro atoms. The summed E-state index contributed by atoms with van der Waals surface area (Å²) in [5, 5.41) is 14.4. The first-order valence-electron chi connectivity index (χ1n) is 5.32. The van der Waals surface area contributed by atoms with E-state index in [4.69, 9.17) is 0 Å². The number of nitrogens with zero attached hydrogens (tertiary/aromatic N) is 1. The summed E-state index contributed by atoms with van der Waals surface area (Å²) in [6.07, 6.45) is 0. The summed E-state index contributed by atoms with van der Waals surface area (Å²) in [5.74, 6) is 0. The van der Waals surface area contributed by atoms with E-state index in [-0.39, 0.29) is 41.6 Å². The van der Waals surface area contributed by atoms with Gasteiger partial charge in [0.2, 0.25) is 0 Å². The minimum atomic E-state index is -3.08. The normalized spacial score (nSPS) is 17.1. The van der Waals surface area contributed by atoms with Gasteiger partial charge in [0.15, 0.2) is 6.68 Å². The number of hydrogen-bond acceptors (Lipinski definition) is 3. The average Bonchev–Trinajstić information content (AvgIpc) is 2.17. The molecule has 0 saturated carbocycles. The number of nitrogens with one attached hydrogen (secondary N) is 3. The standard InChI is InChI=1S/C8H19N4.CF3.CH3.ClH.Ti/c1-2-10-5-6-12-8-7-11-4-3-9-1;2-1(3)4;;;/h9-11H,1-8H2;;1H3;1H;/q3*-1;;+3. The van der Waals surface area contributed by atoms with Gasteiger partial charge in [0.05, 0.1) is 0 Å². The summed E-state index contributed by atoms with van der Waals surface area (Å²) in [5.41, 5.74) is 0.